The average molecular weight is 295 g/mol. The van der Waals surface area contributed by atoms with Crippen LogP contribution in [-0.4, -0.2) is 38.0 Å². The normalized spacial score (nSPS) is 17.3. The summed E-state index contributed by atoms with van der Waals surface area (Å²) in [5.74, 6) is 1.24. The van der Waals surface area contributed by atoms with E-state index < -0.39 is 0 Å². The Morgan fingerprint density at radius 1 is 1.14 bits per heavy atom. The molecule has 1 aliphatic rings. The monoisotopic (exact) mass is 295 g/mol. The molecule has 6 nitrogen and oxygen atoms in total. The molecular weight excluding hydrogens is 278 g/mol. The first-order chi connectivity index (χ1) is 10.8. The number of hydrogen-bond donors (Lipinski definition) is 0. The van der Waals surface area contributed by atoms with E-state index in [0.29, 0.717) is 17.8 Å². The molecule has 0 radical (unpaired) electrons. The van der Waals surface area contributed by atoms with E-state index in [0.717, 1.165) is 18.7 Å². The lowest BCUT2D eigenvalue weighted by molar-refractivity contribution is 0.0484. The molecule has 0 spiro atoms. The third-order valence-corrected chi connectivity index (χ3v) is 4.16. The second kappa shape index (κ2) is 5.38. The molecule has 4 rings (SSSR count). The number of rotatable bonds is 4. The molecule has 0 amide bonds. The zero-order valence-electron chi connectivity index (χ0n) is 12.3. The minimum absolute atomic E-state index is 0.122. The summed E-state index contributed by atoms with van der Waals surface area (Å²) in [5.41, 5.74) is 0.950. The first-order valence-corrected chi connectivity index (χ1v) is 7.43. The van der Waals surface area contributed by atoms with Crippen molar-refractivity contribution < 1.29 is 4.42 Å². The lowest BCUT2D eigenvalue weighted by Gasteiger charge is -2.41. The van der Waals surface area contributed by atoms with Crippen molar-refractivity contribution in [3.63, 3.8) is 0 Å². The Bertz CT molecular complexity index is 731. The van der Waals surface area contributed by atoms with Crippen LogP contribution in [0.1, 0.15) is 24.9 Å². The summed E-state index contributed by atoms with van der Waals surface area (Å²) in [6, 6.07) is 12.4. The van der Waals surface area contributed by atoms with Gasteiger partial charge in [-0.1, -0.05) is 18.2 Å². The SMILES string of the molecule is CC(c1nnc(-c2ccccc2)o1)N1CC(n2cccn2)C1. The van der Waals surface area contributed by atoms with Gasteiger partial charge < -0.3 is 4.42 Å². The summed E-state index contributed by atoms with van der Waals surface area (Å²) >= 11 is 0. The van der Waals surface area contributed by atoms with Crippen LogP contribution in [0.15, 0.2) is 53.2 Å². The first kappa shape index (κ1) is 13.2. The molecule has 2 aromatic heterocycles. The highest BCUT2D eigenvalue weighted by Crippen LogP contribution is 2.31. The van der Waals surface area contributed by atoms with Gasteiger partial charge in [0.25, 0.3) is 0 Å². The summed E-state index contributed by atoms with van der Waals surface area (Å²) in [4.78, 5) is 2.31. The maximum Gasteiger partial charge on any atom is 0.247 e. The highest BCUT2D eigenvalue weighted by atomic mass is 16.4. The van der Waals surface area contributed by atoms with E-state index in [1.807, 2.05) is 53.5 Å². The highest BCUT2D eigenvalue weighted by molar-refractivity contribution is 5.51. The maximum absolute atomic E-state index is 5.83. The third-order valence-electron chi connectivity index (χ3n) is 4.16. The number of aromatic nitrogens is 4. The molecule has 1 unspecified atom stereocenters. The molecule has 0 aliphatic carbocycles. The van der Waals surface area contributed by atoms with E-state index in [1.54, 1.807) is 0 Å². The molecule has 3 aromatic rings. The quantitative estimate of drug-likeness (QED) is 0.740. The Morgan fingerprint density at radius 3 is 2.68 bits per heavy atom. The van der Waals surface area contributed by atoms with E-state index in [9.17, 15) is 0 Å². The molecule has 1 aromatic carbocycles. The van der Waals surface area contributed by atoms with Crippen LogP contribution in [-0.2, 0) is 0 Å². The summed E-state index contributed by atoms with van der Waals surface area (Å²) in [5, 5.41) is 12.6. The maximum atomic E-state index is 5.83. The molecule has 3 heterocycles. The average Bonchev–Trinajstić information content (AvgIpc) is 3.18. The standard InChI is InChI=1S/C16H17N5O/c1-12(20-10-14(11-20)21-9-5-8-17-21)15-18-19-16(22-15)13-6-3-2-4-7-13/h2-9,12,14H,10-11H2,1H3. The number of benzene rings is 1. The molecule has 22 heavy (non-hydrogen) atoms. The predicted molar refractivity (Wildman–Crippen MR) is 81.0 cm³/mol. The van der Waals surface area contributed by atoms with Gasteiger partial charge in [0.15, 0.2) is 0 Å². The molecule has 112 valence electrons. The lowest BCUT2D eigenvalue weighted by atomic mass is 10.1. The van der Waals surface area contributed by atoms with Crippen molar-refractivity contribution in [2.75, 3.05) is 13.1 Å². The van der Waals surface area contributed by atoms with E-state index in [4.69, 9.17) is 4.42 Å². The van der Waals surface area contributed by atoms with Gasteiger partial charge in [0.2, 0.25) is 11.8 Å². The van der Waals surface area contributed by atoms with Gasteiger partial charge in [-0.2, -0.15) is 5.10 Å². The Balaban J connectivity index is 1.44. The molecule has 0 N–H and O–H groups in total. The van der Waals surface area contributed by atoms with Gasteiger partial charge in [-0.05, 0) is 25.1 Å². The summed E-state index contributed by atoms with van der Waals surface area (Å²) < 4.78 is 7.83. The Kier molecular flexibility index (Phi) is 3.23. The topological polar surface area (TPSA) is 60.0 Å². The van der Waals surface area contributed by atoms with Gasteiger partial charge in [0, 0.05) is 31.0 Å². The van der Waals surface area contributed by atoms with Crippen molar-refractivity contribution in [3.8, 4) is 11.5 Å². The number of hydrogen-bond acceptors (Lipinski definition) is 5. The van der Waals surface area contributed by atoms with Crippen molar-refractivity contribution in [1.82, 2.24) is 24.9 Å². The zero-order valence-corrected chi connectivity index (χ0v) is 12.3. The van der Waals surface area contributed by atoms with Crippen LogP contribution in [0.4, 0.5) is 0 Å². The largest absolute Gasteiger partial charge is 0.419 e. The molecule has 6 heteroatoms. The molecule has 1 fully saturated rings. The highest BCUT2D eigenvalue weighted by Gasteiger charge is 2.34. The summed E-state index contributed by atoms with van der Waals surface area (Å²) in [7, 11) is 0. The van der Waals surface area contributed by atoms with Crippen molar-refractivity contribution in [3.05, 3.63) is 54.7 Å². The van der Waals surface area contributed by atoms with Crippen molar-refractivity contribution in [2.45, 2.75) is 19.0 Å². The van der Waals surface area contributed by atoms with Gasteiger partial charge in [0.1, 0.15) is 0 Å². The second-order valence-corrected chi connectivity index (χ2v) is 5.58. The van der Waals surface area contributed by atoms with Crippen LogP contribution in [0, 0.1) is 0 Å². The molecular formula is C16H17N5O. The molecule has 1 atom stereocenters. The minimum atomic E-state index is 0.122. The van der Waals surface area contributed by atoms with Gasteiger partial charge in [0.05, 0.1) is 12.1 Å². The van der Waals surface area contributed by atoms with Crippen LogP contribution in [0.2, 0.25) is 0 Å². The zero-order chi connectivity index (χ0) is 14.9. The van der Waals surface area contributed by atoms with E-state index in [1.165, 1.54) is 0 Å². The van der Waals surface area contributed by atoms with Crippen LogP contribution < -0.4 is 0 Å². The van der Waals surface area contributed by atoms with E-state index in [-0.39, 0.29) is 6.04 Å². The fraction of sp³-hybridized carbons (Fsp3) is 0.312. The Labute approximate surface area is 128 Å². The van der Waals surface area contributed by atoms with Crippen LogP contribution >= 0.6 is 0 Å². The summed E-state index contributed by atoms with van der Waals surface area (Å²) in [6.45, 7) is 4.00. The fourth-order valence-electron chi connectivity index (χ4n) is 2.73. The predicted octanol–water partition coefficient (Wildman–Crippen LogP) is 2.55. The molecule has 0 saturated carbocycles. The summed E-state index contributed by atoms with van der Waals surface area (Å²) in [6.07, 6.45) is 3.82. The smallest absolute Gasteiger partial charge is 0.247 e. The second-order valence-electron chi connectivity index (χ2n) is 5.58. The lowest BCUT2D eigenvalue weighted by Crippen LogP contribution is -2.48. The van der Waals surface area contributed by atoms with E-state index >= 15 is 0 Å². The van der Waals surface area contributed by atoms with Gasteiger partial charge in [-0.3, -0.25) is 9.58 Å². The van der Waals surface area contributed by atoms with Gasteiger partial charge in [-0.15, -0.1) is 10.2 Å². The number of likely N-dealkylation sites (tertiary alicyclic amines) is 1. The fourth-order valence-corrected chi connectivity index (χ4v) is 2.73. The number of nitrogens with zero attached hydrogens (tertiary/aromatic N) is 5. The molecule has 1 saturated heterocycles. The van der Waals surface area contributed by atoms with Gasteiger partial charge >= 0.3 is 0 Å². The van der Waals surface area contributed by atoms with E-state index in [2.05, 4.69) is 27.1 Å². The van der Waals surface area contributed by atoms with Crippen LogP contribution in [0.25, 0.3) is 11.5 Å². The van der Waals surface area contributed by atoms with Crippen LogP contribution in [0.5, 0.6) is 0 Å². The van der Waals surface area contributed by atoms with Crippen molar-refractivity contribution in [2.24, 2.45) is 0 Å². The Hall–Kier alpha value is -2.47. The van der Waals surface area contributed by atoms with Crippen molar-refractivity contribution >= 4 is 0 Å². The molecule has 0 bridgehead atoms. The molecule has 1 aliphatic heterocycles. The minimum Gasteiger partial charge on any atom is -0.419 e. The van der Waals surface area contributed by atoms with Gasteiger partial charge in [-0.25, -0.2) is 0 Å². The first-order valence-electron chi connectivity index (χ1n) is 7.43. The third kappa shape index (κ3) is 2.31. The van der Waals surface area contributed by atoms with Crippen molar-refractivity contribution in [1.29, 1.82) is 0 Å². The Morgan fingerprint density at radius 2 is 1.95 bits per heavy atom. The van der Waals surface area contributed by atoms with Crippen LogP contribution in [0.3, 0.4) is 0 Å².